The maximum Gasteiger partial charge on any atom is 0.343 e. The summed E-state index contributed by atoms with van der Waals surface area (Å²) in [6.07, 6.45) is 2.10. The fraction of sp³-hybridized carbons (Fsp3) is 0.733. The van der Waals surface area contributed by atoms with Crippen molar-refractivity contribution in [1.82, 2.24) is 19.7 Å². The Kier molecular flexibility index (Phi) is 6.89. The van der Waals surface area contributed by atoms with Crippen LogP contribution in [-0.2, 0) is 20.9 Å². The summed E-state index contributed by atoms with van der Waals surface area (Å²) < 4.78 is 6.58. The molecule has 0 radical (unpaired) electrons. The van der Waals surface area contributed by atoms with Gasteiger partial charge < -0.3 is 9.64 Å². The zero-order valence-corrected chi connectivity index (χ0v) is 14.9. The Balaban J connectivity index is 1.82. The first-order chi connectivity index (χ1) is 11.6. The molecule has 2 rings (SSSR count). The number of amides is 1. The lowest BCUT2D eigenvalue weighted by Crippen LogP contribution is -2.41. The van der Waals surface area contributed by atoms with E-state index >= 15 is 0 Å². The minimum absolute atomic E-state index is 0.000747. The van der Waals surface area contributed by atoms with Gasteiger partial charge in [0.15, 0.2) is 5.16 Å². The molecular formula is C15H24N4O4S. The minimum Gasteiger partial charge on any atom is -0.466 e. The lowest BCUT2D eigenvalue weighted by Gasteiger charge is -2.30. The fourth-order valence-corrected chi connectivity index (χ4v) is 3.55. The number of esters is 1. The van der Waals surface area contributed by atoms with Crippen molar-refractivity contribution in [2.45, 2.75) is 44.8 Å². The Labute approximate surface area is 144 Å². The van der Waals surface area contributed by atoms with Crippen molar-refractivity contribution in [1.29, 1.82) is 0 Å². The molecule has 1 aliphatic heterocycles. The number of piperidine rings is 1. The van der Waals surface area contributed by atoms with Gasteiger partial charge in [0.1, 0.15) is 0 Å². The Bertz CT molecular complexity index is 619. The van der Waals surface area contributed by atoms with Gasteiger partial charge in [0.25, 0.3) is 0 Å². The molecule has 1 aromatic rings. The van der Waals surface area contributed by atoms with Crippen LogP contribution in [0.4, 0.5) is 0 Å². The molecule has 2 heterocycles. The van der Waals surface area contributed by atoms with E-state index in [-0.39, 0.29) is 29.2 Å². The van der Waals surface area contributed by atoms with Crippen LogP contribution in [0.1, 0.15) is 33.1 Å². The van der Waals surface area contributed by atoms with Crippen molar-refractivity contribution in [3.63, 3.8) is 0 Å². The number of aromatic nitrogens is 3. The monoisotopic (exact) mass is 356 g/mol. The van der Waals surface area contributed by atoms with Gasteiger partial charge in [-0.15, -0.1) is 5.10 Å². The number of aromatic amines is 1. The summed E-state index contributed by atoms with van der Waals surface area (Å²) in [5.74, 6) is -0.0412. The van der Waals surface area contributed by atoms with E-state index in [1.165, 1.54) is 11.8 Å². The van der Waals surface area contributed by atoms with Crippen LogP contribution in [0.2, 0.25) is 0 Å². The number of nitrogens with zero attached hydrogens (tertiary/aromatic N) is 3. The lowest BCUT2D eigenvalue weighted by molar-refractivity contribution is -0.151. The number of H-pyrrole nitrogens is 1. The number of carbonyl (C=O) groups excluding carboxylic acids is 2. The minimum atomic E-state index is -0.248. The first kappa shape index (κ1) is 18.6. The van der Waals surface area contributed by atoms with Crippen molar-refractivity contribution in [3.8, 4) is 0 Å². The van der Waals surface area contributed by atoms with E-state index in [9.17, 15) is 14.4 Å². The highest BCUT2D eigenvalue weighted by molar-refractivity contribution is 7.99. The molecule has 1 N–H and O–H groups in total. The summed E-state index contributed by atoms with van der Waals surface area (Å²) in [4.78, 5) is 37.4. The summed E-state index contributed by atoms with van der Waals surface area (Å²) >= 11 is 1.26. The summed E-state index contributed by atoms with van der Waals surface area (Å²) in [6, 6.07) is 0. The second-order valence-electron chi connectivity index (χ2n) is 5.66. The molecule has 0 atom stereocenters. The second kappa shape index (κ2) is 8.91. The third-order valence-electron chi connectivity index (χ3n) is 3.96. The first-order valence-electron chi connectivity index (χ1n) is 8.29. The van der Waals surface area contributed by atoms with Gasteiger partial charge in [0.05, 0.1) is 18.3 Å². The van der Waals surface area contributed by atoms with Gasteiger partial charge in [-0.05, 0) is 26.2 Å². The van der Waals surface area contributed by atoms with Crippen molar-refractivity contribution < 1.29 is 14.3 Å². The lowest BCUT2D eigenvalue weighted by atomic mass is 9.97. The summed E-state index contributed by atoms with van der Waals surface area (Å²) in [5, 5.41) is 6.92. The van der Waals surface area contributed by atoms with Crippen LogP contribution < -0.4 is 5.69 Å². The van der Waals surface area contributed by atoms with Crippen molar-refractivity contribution in [2.24, 2.45) is 5.92 Å². The molecule has 24 heavy (non-hydrogen) atoms. The SMILES string of the molecule is CCCn1c(SCC(=O)N2CCC(C(=O)OCC)CC2)n[nH]c1=O. The molecule has 0 spiro atoms. The normalized spacial score (nSPS) is 15.5. The number of ether oxygens (including phenoxy) is 1. The zero-order chi connectivity index (χ0) is 17.5. The van der Waals surface area contributed by atoms with Crippen LogP contribution in [0.15, 0.2) is 9.95 Å². The van der Waals surface area contributed by atoms with Crippen LogP contribution in [0, 0.1) is 5.92 Å². The Morgan fingerprint density at radius 2 is 2.04 bits per heavy atom. The molecule has 0 bridgehead atoms. The number of rotatable bonds is 7. The number of likely N-dealkylation sites (tertiary alicyclic amines) is 1. The van der Waals surface area contributed by atoms with Crippen molar-refractivity contribution in [2.75, 3.05) is 25.4 Å². The third kappa shape index (κ3) is 4.62. The molecule has 0 unspecified atom stereocenters. The fourth-order valence-electron chi connectivity index (χ4n) is 2.68. The highest BCUT2D eigenvalue weighted by atomic mass is 32.2. The number of hydrogen-bond donors (Lipinski definition) is 1. The van der Waals surface area contributed by atoms with Gasteiger partial charge >= 0.3 is 11.7 Å². The predicted molar refractivity (Wildman–Crippen MR) is 89.8 cm³/mol. The average molecular weight is 356 g/mol. The zero-order valence-electron chi connectivity index (χ0n) is 14.1. The van der Waals surface area contributed by atoms with Gasteiger partial charge in [0.2, 0.25) is 5.91 Å². The maximum atomic E-state index is 12.3. The van der Waals surface area contributed by atoms with Crippen molar-refractivity contribution in [3.05, 3.63) is 10.5 Å². The number of nitrogens with one attached hydrogen (secondary N) is 1. The average Bonchev–Trinajstić information content (AvgIpc) is 2.94. The maximum absolute atomic E-state index is 12.3. The first-order valence-corrected chi connectivity index (χ1v) is 9.27. The molecular weight excluding hydrogens is 332 g/mol. The van der Waals surface area contributed by atoms with E-state index < -0.39 is 0 Å². The standard InChI is InChI=1S/C15H24N4O4S/c1-3-7-19-14(22)16-17-15(19)24-10-12(20)18-8-5-11(6-9-18)13(21)23-4-2/h11H,3-10H2,1-2H3,(H,16,22). The van der Waals surface area contributed by atoms with E-state index in [1.807, 2.05) is 6.92 Å². The summed E-state index contributed by atoms with van der Waals surface area (Å²) in [5.41, 5.74) is -0.248. The van der Waals surface area contributed by atoms with Gasteiger partial charge in [-0.3, -0.25) is 14.2 Å². The molecule has 1 aromatic heterocycles. The molecule has 8 nitrogen and oxygen atoms in total. The van der Waals surface area contributed by atoms with Crippen LogP contribution >= 0.6 is 11.8 Å². The topological polar surface area (TPSA) is 97.3 Å². The number of carbonyl (C=O) groups is 2. The molecule has 0 aromatic carbocycles. The third-order valence-corrected chi connectivity index (χ3v) is 4.92. The Hall–Kier alpha value is -1.77. The predicted octanol–water partition coefficient (Wildman–Crippen LogP) is 0.875. The van der Waals surface area contributed by atoms with E-state index in [0.29, 0.717) is 44.2 Å². The molecule has 0 saturated carbocycles. The highest BCUT2D eigenvalue weighted by Crippen LogP contribution is 2.21. The number of thioether (sulfide) groups is 1. The second-order valence-corrected chi connectivity index (χ2v) is 6.60. The van der Waals surface area contributed by atoms with E-state index in [1.54, 1.807) is 16.4 Å². The molecule has 1 amide bonds. The molecule has 9 heteroatoms. The van der Waals surface area contributed by atoms with Crippen LogP contribution in [0.25, 0.3) is 0 Å². The van der Waals surface area contributed by atoms with Gasteiger partial charge in [0, 0.05) is 19.6 Å². The molecule has 1 aliphatic rings. The van der Waals surface area contributed by atoms with E-state index in [0.717, 1.165) is 6.42 Å². The van der Waals surface area contributed by atoms with Gasteiger partial charge in [-0.25, -0.2) is 9.89 Å². The molecule has 1 fully saturated rings. The summed E-state index contributed by atoms with van der Waals surface area (Å²) in [7, 11) is 0. The molecule has 0 aliphatic carbocycles. The molecule has 134 valence electrons. The largest absolute Gasteiger partial charge is 0.466 e. The van der Waals surface area contributed by atoms with Crippen LogP contribution in [-0.4, -0.2) is 57.0 Å². The highest BCUT2D eigenvalue weighted by Gasteiger charge is 2.28. The molecule has 1 saturated heterocycles. The van der Waals surface area contributed by atoms with Crippen LogP contribution in [0.3, 0.4) is 0 Å². The van der Waals surface area contributed by atoms with E-state index in [2.05, 4.69) is 10.2 Å². The Morgan fingerprint density at radius 3 is 2.67 bits per heavy atom. The van der Waals surface area contributed by atoms with Gasteiger partial charge in [-0.2, -0.15) is 0 Å². The summed E-state index contributed by atoms with van der Waals surface area (Å²) in [6.45, 7) is 5.86. The Morgan fingerprint density at radius 1 is 1.33 bits per heavy atom. The quantitative estimate of drug-likeness (QED) is 0.575. The van der Waals surface area contributed by atoms with Crippen molar-refractivity contribution >= 4 is 23.6 Å². The van der Waals surface area contributed by atoms with Gasteiger partial charge in [-0.1, -0.05) is 18.7 Å². The van der Waals surface area contributed by atoms with E-state index in [4.69, 9.17) is 4.74 Å². The number of hydrogen-bond acceptors (Lipinski definition) is 6. The van der Waals surface area contributed by atoms with Crippen LogP contribution in [0.5, 0.6) is 0 Å². The smallest absolute Gasteiger partial charge is 0.343 e.